The molecule has 1 aliphatic rings. The Morgan fingerprint density at radius 1 is 1.70 bits per heavy atom. The van der Waals surface area contributed by atoms with Crippen LogP contribution in [0, 0.1) is 0 Å². The number of hydrogen-bond acceptors (Lipinski definition) is 3. The maximum atomic E-state index is 10.9. The van der Waals surface area contributed by atoms with Crippen molar-refractivity contribution in [1.29, 1.82) is 0 Å². The minimum atomic E-state index is 0.0260. The van der Waals surface area contributed by atoms with Crippen LogP contribution >= 0.6 is 11.8 Å². The van der Waals surface area contributed by atoms with E-state index in [2.05, 4.69) is 5.10 Å². The lowest BCUT2D eigenvalue weighted by atomic mass is 10.3. The molecule has 0 N–H and O–H groups in total. The van der Waals surface area contributed by atoms with Gasteiger partial charge in [-0.25, -0.2) is 5.01 Å². The average Bonchev–Trinajstić information content (AvgIpc) is 1.84. The van der Waals surface area contributed by atoms with Crippen LogP contribution in [-0.4, -0.2) is 28.3 Å². The summed E-state index contributed by atoms with van der Waals surface area (Å²) in [7, 11) is 1.67. The number of hydrogen-bond donors (Lipinski definition) is 0. The summed E-state index contributed by atoms with van der Waals surface area (Å²) in [6.45, 7) is 3.91. The highest BCUT2D eigenvalue weighted by molar-refractivity contribution is 8.14. The van der Waals surface area contributed by atoms with Gasteiger partial charge in [0.15, 0.2) is 0 Å². The van der Waals surface area contributed by atoms with Gasteiger partial charge in [-0.3, -0.25) is 4.79 Å². The SMILES string of the molecule is CC1=NN(C)C(=O)SC1C. The predicted octanol–water partition coefficient (Wildman–Crippen LogP) is 1.55. The molecule has 1 atom stereocenters. The number of nitrogens with zero attached hydrogens (tertiary/aromatic N) is 2. The number of hydrazone groups is 1. The molecule has 0 aliphatic carbocycles. The van der Waals surface area contributed by atoms with Gasteiger partial charge in [0.2, 0.25) is 0 Å². The molecule has 0 radical (unpaired) electrons. The molecule has 0 spiro atoms. The van der Waals surface area contributed by atoms with Crippen LogP contribution in [0.5, 0.6) is 0 Å². The Balaban J connectivity index is 2.79. The minimum absolute atomic E-state index is 0.0260. The smallest absolute Gasteiger partial charge is 0.260 e. The van der Waals surface area contributed by atoms with Gasteiger partial charge in [0, 0.05) is 12.8 Å². The molecule has 1 amide bonds. The topological polar surface area (TPSA) is 32.7 Å². The summed E-state index contributed by atoms with van der Waals surface area (Å²) in [5.41, 5.74) is 1.01. The molecular formula is C6H10N2OS. The highest BCUT2D eigenvalue weighted by atomic mass is 32.2. The Labute approximate surface area is 64.5 Å². The van der Waals surface area contributed by atoms with Gasteiger partial charge in [0.1, 0.15) is 0 Å². The fourth-order valence-electron chi connectivity index (χ4n) is 0.672. The van der Waals surface area contributed by atoms with Crippen molar-refractivity contribution in [2.75, 3.05) is 7.05 Å². The van der Waals surface area contributed by atoms with Crippen molar-refractivity contribution in [2.45, 2.75) is 19.1 Å². The Kier molecular flexibility index (Phi) is 1.99. The standard InChI is InChI=1S/C6H10N2OS/c1-4-5(2)10-6(9)8(3)7-4/h5H,1-3H3. The first-order chi connectivity index (χ1) is 4.61. The van der Waals surface area contributed by atoms with Gasteiger partial charge in [-0.05, 0) is 13.8 Å². The van der Waals surface area contributed by atoms with Crippen LogP contribution in [0.3, 0.4) is 0 Å². The summed E-state index contributed by atoms with van der Waals surface area (Å²) >= 11 is 1.31. The quantitative estimate of drug-likeness (QED) is 0.535. The fourth-order valence-corrected chi connectivity index (χ4v) is 1.39. The number of carbonyl (C=O) groups excluding carboxylic acids is 1. The summed E-state index contributed by atoms with van der Waals surface area (Å²) < 4.78 is 0. The second-order valence-electron chi connectivity index (χ2n) is 2.29. The third-order valence-corrected chi connectivity index (χ3v) is 2.60. The van der Waals surface area contributed by atoms with E-state index in [0.29, 0.717) is 0 Å². The number of amides is 1. The van der Waals surface area contributed by atoms with E-state index >= 15 is 0 Å². The highest BCUT2D eigenvalue weighted by Crippen LogP contribution is 2.21. The lowest BCUT2D eigenvalue weighted by Crippen LogP contribution is -2.29. The molecular weight excluding hydrogens is 148 g/mol. The molecule has 0 saturated carbocycles. The summed E-state index contributed by atoms with van der Waals surface area (Å²) in [6.07, 6.45) is 0. The largest absolute Gasteiger partial charge is 0.302 e. The Hall–Kier alpha value is -0.510. The van der Waals surface area contributed by atoms with Gasteiger partial charge in [-0.2, -0.15) is 5.10 Å². The molecule has 0 aromatic heterocycles. The Bertz CT molecular complexity index is 190. The third-order valence-electron chi connectivity index (χ3n) is 1.44. The van der Waals surface area contributed by atoms with E-state index in [-0.39, 0.29) is 10.5 Å². The summed E-state index contributed by atoms with van der Waals surface area (Å²) in [4.78, 5) is 10.9. The van der Waals surface area contributed by atoms with E-state index in [0.717, 1.165) is 5.71 Å². The molecule has 0 fully saturated rings. The van der Waals surface area contributed by atoms with Crippen LogP contribution in [0.25, 0.3) is 0 Å². The van der Waals surface area contributed by atoms with Crippen molar-refractivity contribution in [2.24, 2.45) is 5.10 Å². The predicted molar refractivity (Wildman–Crippen MR) is 43.3 cm³/mol. The van der Waals surface area contributed by atoms with E-state index < -0.39 is 0 Å². The van der Waals surface area contributed by atoms with Crippen LogP contribution < -0.4 is 0 Å². The van der Waals surface area contributed by atoms with Gasteiger partial charge < -0.3 is 0 Å². The molecule has 3 nitrogen and oxygen atoms in total. The molecule has 4 heteroatoms. The summed E-state index contributed by atoms with van der Waals surface area (Å²) in [6, 6.07) is 0. The monoisotopic (exact) mass is 158 g/mol. The van der Waals surface area contributed by atoms with Crippen molar-refractivity contribution in [3.63, 3.8) is 0 Å². The zero-order valence-electron chi connectivity index (χ0n) is 6.29. The molecule has 1 heterocycles. The second kappa shape index (κ2) is 2.62. The first-order valence-electron chi connectivity index (χ1n) is 3.10. The highest BCUT2D eigenvalue weighted by Gasteiger charge is 2.21. The molecule has 0 bridgehead atoms. The summed E-state index contributed by atoms with van der Waals surface area (Å²) in [5, 5.41) is 5.66. The Morgan fingerprint density at radius 2 is 2.30 bits per heavy atom. The van der Waals surface area contributed by atoms with Crippen molar-refractivity contribution in [1.82, 2.24) is 5.01 Å². The van der Waals surface area contributed by atoms with Gasteiger partial charge in [0.05, 0.1) is 5.25 Å². The number of carbonyl (C=O) groups is 1. The molecule has 1 unspecified atom stereocenters. The van der Waals surface area contributed by atoms with Gasteiger partial charge >= 0.3 is 5.24 Å². The van der Waals surface area contributed by atoms with E-state index in [9.17, 15) is 4.79 Å². The molecule has 1 rings (SSSR count). The van der Waals surface area contributed by atoms with E-state index in [1.165, 1.54) is 16.8 Å². The third kappa shape index (κ3) is 1.31. The lowest BCUT2D eigenvalue weighted by molar-refractivity contribution is 0.234. The Morgan fingerprint density at radius 3 is 2.80 bits per heavy atom. The second-order valence-corrected chi connectivity index (χ2v) is 3.58. The average molecular weight is 158 g/mol. The molecule has 0 aromatic carbocycles. The van der Waals surface area contributed by atoms with Crippen molar-refractivity contribution < 1.29 is 4.79 Å². The summed E-state index contributed by atoms with van der Waals surface area (Å²) in [5.74, 6) is 0. The maximum absolute atomic E-state index is 10.9. The van der Waals surface area contributed by atoms with E-state index in [1.54, 1.807) is 7.05 Å². The normalized spacial score (nSPS) is 26.7. The number of rotatable bonds is 0. The maximum Gasteiger partial charge on any atom is 0.302 e. The van der Waals surface area contributed by atoms with Gasteiger partial charge in [-0.15, -0.1) is 0 Å². The van der Waals surface area contributed by atoms with E-state index in [1.807, 2.05) is 13.8 Å². The molecule has 56 valence electrons. The van der Waals surface area contributed by atoms with Crippen molar-refractivity contribution in [3.05, 3.63) is 0 Å². The van der Waals surface area contributed by atoms with Crippen LogP contribution in [0.1, 0.15) is 13.8 Å². The minimum Gasteiger partial charge on any atom is -0.260 e. The van der Waals surface area contributed by atoms with Crippen LogP contribution in [-0.2, 0) is 0 Å². The van der Waals surface area contributed by atoms with Crippen LogP contribution in [0.2, 0.25) is 0 Å². The van der Waals surface area contributed by atoms with Gasteiger partial charge in [-0.1, -0.05) is 11.8 Å². The van der Waals surface area contributed by atoms with Crippen LogP contribution in [0.4, 0.5) is 4.79 Å². The number of thioether (sulfide) groups is 1. The van der Waals surface area contributed by atoms with E-state index in [4.69, 9.17) is 0 Å². The van der Waals surface area contributed by atoms with Crippen molar-refractivity contribution >= 4 is 22.7 Å². The zero-order valence-corrected chi connectivity index (χ0v) is 7.10. The molecule has 1 aliphatic heterocycles. The molecule has 0 aromatic rings. The zero-order chi connectivity index (χ0) is 7.72. The molecule has 0 saturated heterocycles. The van der Waals surface area contributed by atoms with Gasteiger partial charge in [0.25, 0.3) is 0 Å². The molecule has 10 heavy (non-hydrogen) atoms. The lowest BCUT2D eigenvalue weighted by Gasteiger charge is -2.21. The fraction of sp³-hybridized carbons (Fsp3) is 0.667. The van der Waals surface area contributed by atoms with Crippen molar-refractivity contribution in [3.8, 4) is 0 Å². The van der Waals surface area contributed by atoms with Crippen LogP contribution in [0.15, 0.2) is 5.10 Å². The first-order valence-corrected chi connectivity index (χ1v) is 3.98. The first kappa shape index (κ1) is 7.60.